The lowest BCUT2D eigenvalue weighted by molar-refractivity contribution is -0.385. The van der Waals surface area contributed by atoms with Crippen LogP contribution in [0.4, 0.5) is 11.4 Å². The van der Waals surface area contributed by atoms with E-state index in [0.29, 0.717) is 5.03 Å². The number of halogens is 1. The Bertz CT molecular complexity index is 948. The molecule has 6 nitrogen and oxygen atoms in total. The molecule has 8 heteroatoms. The number of amides is 1. The van der Waals surface area contributed by atoms with Gasteiger partial charge in [0, 0.05) is 21.6 Å². The van der Waals surface area contributed by atoms with Gasteiger partial charge in [-0.1, -0.05) is 52.0 Å². The Hall–Kier alpha value is -2.45. The highest BCUT2D eigenvalue weighted by Gasteiger charge is 2.10. The van der Waals surface area contributed by atoms with E-state index in [1.54, 1.807) is 0 Å². The number of hydrogen-bond acceptors (Lipinski definition) is 5. The van der Waals surface area contributed by atoms with Crippen molar-refractivity contribution in [3.8, 4) is 0 Å². The number of nitrogens with one attached hydrogen (secondary N) is 1. The van der Waals surface area contributed by atoms with Crippen molar-refractivity contribution < 1.29 is 9.72 Å². The molecule has 1 amide bonds. The molecule has 3 rings (SSSR count). The fraction of sp³-hybridized carbons (Fsp3) is 0.0588. The van der Waals surface area contributed by atoms with Gasteiger partial charge in [-0.05, 0) is 23.6 Å². The molecule has 0 fully saturated rings. The molecule has 0 saturated heterocycles. The molecule has 0 radical (unpaired) electrons. The number of hydrogen-bond donors (Lipinski definition) is 1. The maximum atomic E-state index is 12.2. The van der Waals surface area contributed by atoms with Crippen LogP contribution < -0.4 is 5.32 Å². The van der Waals surface area contributed by atoms with Crippen molar-refractivity contribution in [1.82, 2.24) is 4.98 Å². The predicted octanol–water partition coefficient (Wildman–Crippen LogP) is 4.64. The van der Waals surface area contributed by atoms with Crippen LogP contribution in [0.2, 0.25) is 0 Å². The molecule has 126 valence electrons. The third kappa shape index (κ3) is 4.15. The summed E-state index contributed by atoms with van der Waals surface area (Å²) in [6.07, 6.45) is 1.18. The molecule has 1 aromatic heterocycles. The maximum absolute atomic E-state index is 12.2. The van der Waals surface area contributed by atoms with Gasteiger partial charge in [0.25, 0.3) is 5.69 Å². The van der Waals surface area contributed by atoms with Gasteiger partial charge in [0.15, 0.2) is 0 Å². The van der Waals surface area contributed by atoms with Gasteiger partial charge in [-0.15, -0.1) is 0 Å². The summed E-state index contributed by atoms with van der Waals surface area (Å²) in [7, 11) is 0. The second-order valence-electron chi connectivity index (χ2n) is 5.09. The Morgan fingerprint density at radius 2 is 1.92 bits per heavy atom. The van der Waals surface area contributed by atoms with Crippen LogP contribution in [0.3, 0.4) is 0 Å². The van der Waals surface area contributed by atoms with Crippen LogP contribution >= 0.6 is 27.7 Å². The Morgan fingerprint density at radius 3 is 2.60 bits per heavy atom. The number of pyridine rings is 1. The minimum absolute atomic E-state index is 0.0740. The SMILES string of the molecule is O=C(CSc1ccc([N+](=O)[O-])cn1)Nc1ccc(Br)c2ccccc12. The number of nitro groups is 1. The normalized spacial score (nSPS) is 10.6. The average Bonchev–Trinajstić information content (AvgIpc) is 2.63. The summed E-state index contributed by atoms with van der Waals surface area (Å²) in [5.41, 5.74) is 0.663. The average molecular weight is 418 g/mol. The van der Waals surface area contributed by atoms with Gasteiger partial charge >= 0.3 is 0 Å². The van der Waals surface area contributed by atoms with Gasteiger partial charge in [0.05, 0.1) is 15.7 Å². The number of carbonyl (C=O) groups is 1. The lowest BCUT2D eigenvalue weighted by atomic mass is 10.1. The molecule has 0 atom stereocenters. The van der Waals surface area contributed by atoms with Crippen LogP contribution in [0.25, 0.3) is 10.8 Å². The topological polar surface area (TPSA) is 85.1 Å². The van der Waals surface area contributed by atoms with Crippen molar-refractivity contribution >= 4 is 55.7 Å². The minimum Gasteiger partial charge on any atom is -0.325 e. The van der Waals surface area contributed by atoms with Crippen molar-refractivity contribution in [2.75, 3.05) is 11.1 Å². The van der Waals surface area contributed by atoms with E-state index >= 15 is 0 Å². The largest absolute Gasteiger partial charge is 0.325 e. The third-order valence-electron chi connectivity index (χ3n) is 3.43. The fourth-order valence-corrected chi connectivity index (χ4v) is 3.38. The first kappa shape index (κ1) is 17.4. The fourth-order valence-electron chi connectivity index (χ4n) is 2.26. The monoisotopic (exact) mass is 417 g/mol. The van der Waals surface area contributed by atoms with Crippen LogP contribution in [0.5, 0.6) is 0 Å². The summed E-state index contributed by atoms with van der Waals surface area (Å²) in [5.74, 6) is -0.00696. The zero-order valence-electron chi connectivity index (χ0n) is 12.8. The molecule has 2 aromatic carbocycles. The maximum Gasteiger partial charge on any atom is 0.287 e. The van der Waals surface area contributed by atoms with Crippen molar-refractivity contribution in [3.05, 3.63) is 69.3 Å². The summed E-state index contributed by atoms with van der Waals surface area (Å²) in [5, 5.41) is 16.0. The van der Waals surface area contributed by atoms with Gasteiger partial charge < -0.3 is 5.32 Å². The number of benzene rings is 2. The number of carbonyl (C=O) groups excluding carboxylic acids is 1. The highest BCUT2D eigenvalue weighted by molar-refractivity contribution is 9.10. The summed E-state index contributed by atoms with van der Waals surface area (Å²) in [6, 6.07) is 14.4. The lowest BCUT2D eigenvalue weighted by Gasteiger charge is -2.10. The Kier molecular flexibility index (Phi) is 5.30. The lowest BCUT2D eigenvalue weighted by Crippen LogP contribution is -2.14. The number of anilines is 1. The van der Waals surface area contributed by atoms with E-state index in [1.165, 1.54) is 30.1 Å². The van der Waals surface area contributed by atoms with Crippen LogP contribution in [-0.2, 0) is 4.79 Å². The third-order valence-corrected chi connectivity index (χ3v) is 5.06. The van der Waals surface area contributed by atoms with Gasteiger partial charge in [0.2, 0.25) is 5.91 Å². The van der Waals surface area contributed by atoms with E-state index in [0.717, 1.165) is 20.9 Å². The number of rotatable bonds is 5. The Balaban J connectivity index is 1.67. The Labute approximate surface area is 155 Å². The van der Waals surface area contributed by atoms with Crippen molar-refractivity contribution in [2.24, 2.45) is 0 Å². The molecule has 0 aliphatic rings. The highest BCUT2D eigenvalue weighted by atomic mass is 79.9. The van der Waals surface area contributed by atoms with E-state index < -0.39 is 4.92 Å². The second-order valence-corrected chi connectivity index (χ2v) is 6.94. The van der Waals surface area contributed by atoms with Gasteiger partial charge in [-0.2, -0.15) is 0 Å². The quantitative estimate of drug-likeness (QED) is 0.371. The number of nitrogens with zero attached hydrogens (tertiary/aromatic N) is 2. The number of aromatic nitrogens is 1. The number of thioether (sulfide) groups is 1. The molecule has 0 bridgehead atoms. The molecular weight excluding hydrogens is 406 g/mol. The second kappa shape index (κ2) is 7.62. The molecule has 0 saturated carbocycles. The summed E-state index contributed by atoms with van der Waals surface area (Å²) in [6.45, 7) is 0. The van der Waals surface area contributed by atoms with E-state index in [4.69, 9.17) is 0 Å². The standard InChI is InChI=1S/C17H12BrN3O3S/c18-14-6-7-15(13-4-2-1-3-12(13)14)20-16(22)10-25-17-8-5-11(9-19-17)21(23)24/h1-9H,10H2,(H,20,22). The zero-order valence-corrected chi connectivity index (χ0v) is 15.2. The molecule has 0 aliphatic carbocycles. The van der Waals surface area contributed by atoms with Crippen LogP contribution in [-0.4, -0.2) is 21.6 Å². The molecular formula is C17H12BrN3O3S. The highest BCUT2D eigenvalue weighted by Crippen LogP contribution is 2.30. The van der Waals surface area contributed by atoms with Crippen LogP contribution in [0.1, 0.15) is 0 Å². The van der Waals surface area contributed by atoms with E-state index in [2.05, 4.69) is 26.2 Å². The molecule has 1 heterocycles. The zero-order chi connectivity index (χ0) is 17.8. The van der Waals surface area contributed by atoms with Gasteiger partial charge in [-0.25, -0.2) is 4.98 Å². The molecule has 1 N–H and O–H groups in total. The van der Waals surface area contributed by atoms with E-state index in [1.807, 2.05) is 36.4 Å². The van der Waals surface area contributed by atoms with Crippen molar-refractivity contribution in [2.45, 2.75) is 5.03 Å². The molecule has 0 aliphatic heterocycles. The molecule has 25 heavy (non-hydrogen) atoms. The first-order chi connectivity index (χ1) is 12.0. The van der Waals surface area contributed by atoms with Gasteiger partial charge in [0.1, 0.15) is 6.20 Å². The first-order valence-electron chi connectivity index (χ1n) is 7.25. The predicted molar refractivity (Wildman–Crippen MR) is 102 cm³/mol. The summed E-state index contributed by atoms with van der Waals surface area (Å²) in [4.78, 5) is 26.3. The molecule has 0 unspecified atom stereocenters. The smallest absolute Gasteiger partial charge is 0.287 e. The van der Waals surface area contributed by atoms with Gasteiger partial charge in [-0.3, -0.25) is 14.9 Å². The van der Waals surface area contributed by atoms with E-state index in [-0.39, 0.29) is 17.3 Å². The van der Waals surface area contributed by atoms with Crippen molar-refractivity contribution in [1.29, 1.82) is 0 Å². The first-order valence-corrected chi connectivity index (χ1v) is 9.03. The summed E-state index contributed by atoms with van der Waals surface area (Å²) >= 11 is 4.72. The molecule has 0 spiro atoms. The minimum atomic E-state index is -0.507. The number of fused-ring (bicyclic) bond motifs is 1. The van der Waals surface area contributed by atoms with Crippen LogP contribution in [0.15, 0.2) is 64.2 Å². The molecule has 3 aromatic rings. The van der Waals surface area contributed by atoms with E-state index in [9.17, 15) is 14.9 Å². The van der Waals surface area contributed by atoms with Crippen LogP contribution in [0, 0.1) is 10.1 Å². The summed E-state index contributed by atoms with van der Waals surface area (Å²) < 4.78 is 0.963. The van der Waals surface area contributed by atoms with Crippen molar-refractivity contribution in [3.63, 3.8) is 0 Å². The Morgan fingerprint density at radius 1 is 1.16 bits per heavy atom.